The molecule has 96 valence electrons. The highest BCUT2D eigenvalue weighted by molar-refractivity contribution is 5.90. The third-order valence-electron chi connectivity index (χ3n) is 3.01. The van der Waals surface area contributed by atoms with Crippen molar-refractivity contribution >= 4 is 11.9 Å². The van der Waals surface area contributed by atoms with Gasteiger partial charge in [-0.1, -0.05) is 26.7 Å². The molecule has 0 fully saturated rings. The Bertz CT molecular complexity index is 358. The number of hydrogen-bond donors (Lipinski definition) is 2. The minimum atomic E-state index is -0.136. The van der Waals surface area contributed by atoms with Gasteiger partial charge >= 0.3 is 0 Å². The lowest BCUT2D eigenvalue weighted by atomic mass is 10.0. The SMILES string of the molecule is CCC(CC)CN(CC)C(=O)c1nc(N)n[nH]1. The van der Waals surface area contributed by atoms with E-state index in [-0.39, 0.29) is 17.7 Å². The summed E-state index contributed by atoms with van der Waals surface area (Å²) in [5, 5.41) is 6.22. The fourth-order valence-electron chi connectivity index (χ4n) is 1.73. The number of nitrogens with two attached hydrogens (primary N) is 1. The molecule has 6 heteroatoms. The van der Waals surface area contributed by atoms with Crippen molar-refractivity contribution < 1.29 is 4.79 Å². The molecule has 0 bridgehead atoms. The average Bonchev–Trinajstić information content (AvgIpc) is 2.77. The monoisotopic (exact) mass is 239 g/mol. The molecule has 0 aliphatic heterocycles. The molecule has 0 unspecified atom stereocenters. The molecule has 0 saturated heterocycles. The third-order valence-corrected chi connectivity index (χ3v) is 3.01. The molecular formula is C11H21N5O. The van der Waals surface area contributed by atoms with Crippen molar-refractivity contribution in [2.45, 2.75) is 33.6 Å². The first kappa shape index (κ1) is 13.5. The fourth-order valence-corrected chi connectivity index (χ4v) is 1.73. The second-order valence-corrected chi connectivity index (χ2v) is 4.07. The van der Waals surface area contributed by atoms with E-state index in [1.54, 1.807) is 4.90 Å². The molecule has 0 atom stereocenters. The van der Waals surface area contributed by atoms with E-state index in [4.69, 9.17) is 5.73 Å². The molecule has 1 amide bonds. The molecule has 17 heavy (non-hydrogen) atoms. The maximum absolute atomic E-state index is 12.1. The lowest BCUT2D eigenvalue weighted by Gasteiger charge is -2.24. The summed E-state index contributed by atoms with van der Waals surface area (Å²) in [6.07, 6.45) is 2.14. The standard InChI is InChI=1S/C11H21N5O/c1-4-8(5-2)7-16(6-3)10(17)9-13-11(12)15-14-9/h8H,4-7H2,1-3H3,(H3,12,13,14,15). The van der Waals surface area contributed by atoms with Gasteiger partial charge in [-0.3, -0.25) is 9.89 Å². The average molecular weight is 239 g/mol. The van der Waals surface area contributed by atoms with Gasteiger partial charge in [-0.05, 0) is 12.8 Å². The van der Waals surface area contributed by atoms with Gasteiger partial charge in [-0.25, -0.2) is 0 Å². The zero-order valence-electron chi connectivity index (χ0n) is 10.7. The first-order valence-electron chi connectivity index (χ1n) is 6.09. The van der Waals surface area contributed by atoms with Crippen molar-refractivity contribution in [1.82, 2.24) is 20.1 Å². The van der Waals surface area contributed by atoms with Gasteiger partial charge in [0.2, 0.25) is 11.8 Å². The molecule has 1 aromatic rings. The summed E-state index contributed by atoms with van der Waals surface area (Å²) in [6, 6.07) is 0. The third kappa shape index (κ3) is 3.44. The van der Waals surface area contributed by atoms with Crippen LogP contribution in [0, 0.1) is 5.92 Å². The predicted molar refractivity (Wildman–Crippen MR) is 66.4 cm³/mol. The Labute approximate surface area is 102 Å². The number of H-pyrrole nitrogens is 1. The maximum Gasteiger partial charge on any atom is 0.291 e. The second-order valence-electron chi connectivity index (χ2n) is 4.07. The van der Waals surface area contributed by atoms with Gasteiger partial charge in [-0.2, -0.15) is 4.98 Å². The van der Waals surface area contributed by atoms with Crippen LogP contribution < -0.4 is 5.73 Å². The molecule has 1 heterocycles. The van der Waals surface area contributed by atoms with Gasteiger partial charge in [-0.15, -0.1) is 5.10 Å². The Morgan fingerprint density at radius 3 is 2.47 bits per heavy atom. The summed E-state index contributed by atoms with van der Waals surface area (Å²) in [7, 11) is 0. The lowest BCUT2D eigenvalue weighted by Crippen LogP contribution is -2.35. The Morgan fingerprint density at radius 1 is 1.41 bits per heavy atom. The van der Waals surface area contributed by atoms with Gasteiger partial charge < -0.3 is 10.6 Å². The zero-order chi connectivity index (χ0) is 12.8. The van der Waals surface area contributed by atoms with Crippen LogP contribution in [0.1, 0.15) is 44.2 Å². The number of hydrogen-bond acceptors (Lipinski definition) is 4. The van der Waals surface area contributed by atoms with Gasteiger partial charge in [0.25, 0.3) is 5.91 Å². The molecule has 0 aliphatic rings. The number of nitrogens with zero attached hydrogens (tertiary/aromatic N) is 3. The fraction of sp³-hybridized carbons (Fsp3) is 0.727. The van der Waals surface area contributed by atoms with Crippen LogP contribution in [0.2, 0.25) is 0 Å². The van der Waals surface area contributed by atoms with Crippen LogP contribution in [0.3, 0.4) is 0 Å². The number of carbonyl (C=O) groups is 1. The van der Waals surface area contributed by atoms with E-state index >= 15 is 0 Å². The van der Waals surface area contributed by atoms with E-state index < -0.39 is 0 Å². The summed E-state index contributed by atoms with van der Waals surface area (Å²) < 4.78 is 0. The molecule has 3 N–H and O–H groups in total. The summed E-state index contributed by atoms with van der Waals surface area (Å²) >= 11 is 0. The summed E-state index contributed by atoms with van der Waals surface area (Å²) in [5.41, 5.74) is 5.39. The highest BCUT2D eigenvalue weighted by Gasteiger charge is 2.20. The predicted octanol–water partition coefficient (Wildman–Crippen LogP) is 1.29. The van der Waals surface area contributed by atoms with Crippen molar-refractivity contribution in [1.29, 1.82) is 0 Å². The number of aromatic amines is 1. The Morgan fingerprint density at radius 2 is 2.06 bits per heavy atom. The lowest BCUT2D eigenvalue weighted by molar-refractivity contribution is 0.0723. The molecule has 0 saturated carbocycles. The van der Waals surface area contributed by atoms with Gasteiger partial charge in [0.1, 0.15) is 0 Å². The van der Waals surface area contributed by atoms with E-state index in [1.807, 2.05) is 6.92 Å². The first-order chi connectivity index (χ1) is 8.12. The molecule has 0 spiro atoms. The Hall–Kier alpha value is -1.59. The van der Waals surface area contributed by atoms with E-state index in [0.717, 1.165) is 19.4 Å². The Kier molecular flexibility index (Phi) is 4.93. The number of nitrogens with one attached hydrogen (secondary N) is 1. The summed E-state index contributed by atoms with van der Waals surface area (Å²) in [5.74, 6) is 0.713. The summed E-state index contributed by atoms with van der Waals surface area (Å²) in [6.45, 7) is 7.65. The van der Waals surface area contributed by atoms with Gasteiger partial charge in [0.05, 0.1) is 0 Å². The number of amides is 1. The van der Waals surface area contributed by atoms with Crippen molar-refractivity contribution in [3.05, 3.63) is 5.82 Å². The number of carbonyl (C=O) groups excluding carboxylic acids is 1. The normalized spacial score (nSPS) is 10.8. The van der Waals surface area contributed by atoms with E-state index in [0.29, 0.717) is 12.5 Å². The number of nitrogen functional groups attached to an aromatic ring is 1. The Balaban J connectivity index is 2.70. The molecule has 0 aromatic carbocycles. The molecule has 0 aliphatic carbocycles. The highest BCUT2D eigenvalue weighted by atomic mass is 16.2. The van der Waals surface area contributed by atoms with Crippen molar-refractivity contribution in [3.8, 4) is 0 Å². The van der Waals surface area contributed by atoms with Crippen LogP contribution >= 0.6 is 0 Å². The minimum absolute atomic E-state index is 0.104. The maximum atomic E-state index is 12.1. The molecular weight excluding hydrogens is 218 g/mol. The molecule has 1 aromatic heterocycles. The van der Waals surface area contributed by atoms with Crippen LogP contribution in [0.5, 0.6) is 0 Å². The smallest absolute Gasteiger partial charge is 0.291 e. The molecule has 0 radical (unpaired) electrons. The van der Waals surface area contributed by atoms with Crippen LogP contribution in [0.4, 0.5) is 5.95 Å². The minimum Gasteiger partial charge on any atom is -0.366 e. The number of rotatable bonds is 6. The molecule has 1 rings (SSSR count). The van der Waals surface area contributed by atoms with Gasteiger partial charge in [0.15, 0.2) is 0 Å². The quantitative estimate of drug-likeness (QED) is 0.782. The van der Waals surface area contributed by atoms with E-state index in [1.165, 1.54) is 0 Å². The van der Waals surface area contributed by atoms with Crippen molar-refractivity contribution in [3.63, 3.8) is 0 Å². The van der Waals surface area contributed by atoms with Crippen LogP contribution in [-0.4, -0.2) is 39.1 Å². The van der Waals surface area contributed by atoms with Crippen molar-refractivity contribution in [2.75, 3.05) is 18.8 Å². The topological polar surface area (TPSA) is 87.9 Å². The van der Waals surface area contributed by atoms with Gasteiger partial charge in [0, 0.05) is 13.1 Å². The number of aromatic nitrogens is 3. The van der Waals surface area contributed by atoms with Crippen LogP contribution in [-0.2, 0) is 0 Å². The first-order valence-corrected chi connectivity index (χ1v) is 6.09. The highest BCUT2D eigenvalue weighted by Crippen LogP contribution is 2.11. The van der Waals surface area contributed by atoms with E-state index in [9.17, 15) is 4.79 Å². The summed E-state index contributed by atoms with van der Waals surface area (Å²) in [4.78, 5) is 17.7. The van der Waals surface area contributed by atoms with Crippen LogP contribution in [0.15, 0.2) is 0 Å². The number of anilines is 1. The zero-order valence-corrected chi connectivity index (χ0v) is 10.7. The van der Waals surface area contributed by atoms with E-state index in [2.05, 4.69) is 29.0 Å². The van der Waals surface area contributed by atoms with Crippen LogP contribution in [0.25, 0.3) is 0 Å². The second kappa shape index (κ2) is 6.22. The van der Waals surface area contributed by atoms with Crippen molar-refractivity contribution in [2.24, 2.45) is 5.92 Å². The molecule has 6 nitrogen and oxygen atoms in total. The largest absolute Gasteiger partial charge is 0.366 e.